The van der Waals surface area contributed by atoms with Crippen molar-refractivity contribution in [3.05, 3.63) is 84.7 Å². The monoisotopic (exact) mass is 483 g/mol. The molecule has 178 valence electrons. The Labute approximate surface area is 198 Å². The van der Waals surface area contributed by atoms with E-state index < -0.39 is 27.9 Å². The Kier molecular flexibility index (Phi) is 8.58. The van der Waals surface area contributed by atoms with E-state index in [-0.39, 0.29) is 18.8 Å². The first-order chi connectivity index (χ1) is 16.3. The summed E-state index contributed by atoms with van der Waals surface area (Å²) in [6, 6.07) is 18.0. The molecule has 0 aliphatic heterocycles. The lowest BCUT2D eigenvalue weighted by atomic mass is 10.2. The number of aromatic nitrogens is 1. The molecule has 10 heteroatoms. The van der Waals surface area contributed by atoms with Crippen molar-refractivity contribution in [1.82, 2.24) is 10.3 Å². The van der Waals surface area contributed by atoms with Crippen LogP contribution in [0.25, 0.3) is 0 Å². The molecule has 2 amide bonds. The fourth-order valence-corrected chi connectivity index (χ4v) is 3.55. The molecule has 0 radical (unpaired) electrons. The third-order valence-corrected chi connectivity index (χ3v) is 5.58. The van der Waals surface area contributed by atoms with Crippen LogP contribution in [0.3, 0.4) is 0 Å². The lowest BCUT2D eigenvalue weighted by Crippen LogP contribution is -2.45. The van der Waals surface area contributed by atoms with Crippen LogP contribution in [0.1, 0.15) is 12.0 Å². The minimum absolute atomic E-state index is 0.0199. The predicted molar refractivity (Wildman–Crippen MR) is 127 cm³/mol. The van der Waals surface area contributed by atoms with Crippen LogP contribution < -0.4 is 15.4 Å². The molecular formula is C24H25N3O6S. The van der Waals surface area contributed by atoms with E-state index in [1.165, 1.54) is 0 Å². The molecule has 0 saturated carbocycles. The van der Waals surface area contributed by atoms with E-state index in [1.54, 1.807) is 60.9 Å². The van der Waals surface area contributed by atoms with Crippen molar-refractivity contribution in [1.29, 1.82) is 0 Å². The maximum Gasteiger partial charge on any atom is 0.408 e. The number of nitrogens with zero attached hydrogens (tertiary/aromatic N) is 1. The fraction of sp³-hybridized carbons (Fsp3) is 0.208. The average Bonchev–Trinajstić information content (AvgIpc) is 2.82. The molecule has 1 unspecified atom stereocenters. The molecule has 0 fully saturated rings. The number of anilines is 1. The first-order valence-corrected chi connectivity index (χ1v) is 12.5. The number of amides is 2. The molecule has 34 heavy (non-hydrogen) atoms. The van der Waals surface area contributed by atoms with Crippen LogP contribution in [0, 0.1) is 0 Å². The summed E-state index contributed by atoms with van der Waals surface area (Å²) in [5.41, 5.74) is 1.24. The summed E-state index contributed by atoms with van der Waals surface area (Å²) >= 11 is 0. The largest absolute Gasteiger partial charge is 0.457 e. The molecule has 3 aromatic rings. The van der Waals surface area contributed by atoms with Gasteiger partial charge < -0.3 is 20.1 Å². The van der Waals surface area contributed by atoms with Gasteiger partial charge in [0.1, 0.15) is 34.0 Å². The van der Waals surface area contributed by atoms with Gasteiger partial charge in [-0.15, -0.1) is 0 Å². The van der Waals surface area contributed by atoms with Gasteiger partial charge in [0.05, 0.1) is 5.75 Å². The van der Waals surface area contributed by atoms with Crippen molar-refractivity contribution in [3.63, 3.8) is 0 Å². The smallest absolute Gasteiger partial charge is 0.408 e. The van der Waals surface area contributed by atoms with Crippen LogP contribution in [0.2, 0.25) is 0 Å². The van der Waals surface area contributed by atoms with Crippen LogP contribution in [-0.2, 0) is 26.0 Å². The summed E-state index contributed by atoms with van der Waals surface area (Å²) < 4.78 is 34.1. The lowest BCUT2D eigenvalue weighted by Gasteiger charge is -2.18. The molecule has 1 aromatic heterocycles. The van der Waals surface area contributed by atoms with Crippen LogP contribution in [0.5, 0.6) is 11.5 Å². The summed E-state index contributed by atoms with van der Waals surface area (Å²) in [4.78, 5) is 29.0. The van der Waals surface area contributed by atoms with E-state index in [2.05, 4.69) is 15.6 Å². The average molecular weight is 484 g/mol. The summed E-state index contributed by atoms with van der Waals surface area (Å²) in [5.74, 6) is 0.331. The van der Waals surface area contributed by atoms with E-state index in [0.29, 0.717) is 17.2 Å². The second kappa shape index (κ2) is 11.8. The van der Waals surface area contributed by atoms with Gasteiger partial charge in [0.15, 0.2) is 0 Å². The Morgan fingerprint density at radius 1 is 0.941 bits per heavy atom. The Morgan fingerprint density at radius 2 is 1.59 bits per heavy atom. The normalized spacial score (nSPS) is 11.8. The van der Waals surface area contributed by atoms with Crippen LogP contribution in [0.15, 0.2) is 79.1 Å². The summed E-state index contributed by atoms with van der Waals surface area (Å²) in [6.45, 7) is 0.0199. The first-order valence-electron chi connectivity index (χ1n) is 10.4. The van der Waals surface area contributed by atoms with E-state index in [0.717, 1.165) is 11.8 Å². The van der Waals surface area contributed by atoms with Gasteiger partial charge in [-0.3, -0.25) is 9.78 Å². The molecule has 0 aliphatic carbocycles. The quantitative estimate of drug-likeness (QED) is 0.452. The maximum atomic E-state index is 12.8. The Bertz CT molecular complexity index is 1190. The minimum Gasteiger partial charge on any atom is -0.457 e. The number of nitrogens with one attached hydrogen (secondary N) is 2. The highest BCUT2D eigenvalue weighted by molar-refractivity contribution is 7.90. The topological polar surface area (TPSA) is 124 Å². The molecule has 0 spiro atoms. The van der Waals surface area contributed by atoms with Crippen LogP contribution >= 0.6 is 0 Å². The maximum absolute atomic E-state index is 12.8. The van der Waals surface area contributed by atoms with Gasteiger partial charge in [-0.25, -0.2) is 13.2 Å². The standard InChI is InChI=1S/C24H25N3O6S/c1-34(30,31)16-13-22(27-24(29)32-17-18-5-3-2-4-6-18)23(28)26-19-7-9-20(10-8-19)33-21-11-14-25-15-12-21/h2-12,14-15,22H,13,16-17H2,1H3,(H,26,28)(H,27,29). The molecule has 1 atom stereocenters. The number of hydrogen-bond acceptors (Lipinski definition) is 7. The molecule has 0 saturated heterocycles. The van der Waals surface area contributed by atoms with Gasteiger partial charge in [-0.2, -0.15) is 0 Å². The van der Waals surface area contributed by atoms with Crippen LogP contribution in [-0.4, -0.2) is 43.5 Å². The van der Waals surface area contributed by atoms with Gasteiger partial charge >= 0.3 is 6.09 Å². The molecule has 3 rings (SSSR count). The van der Waals surface area contributed by atoms with Crippen molar-refractivity contribution in [2.45, 2.75) is 19.1 Å². The zero-order valence-electron chi connectivity index (χ0n) is 18.5. The number of hydrogen-bond donors (Lipinski definition) is 2. The first kappa shape index (κ1) is 24.7. The molecule has 2 N–H and O–H groups in total. The summed E-state index contributed by atoms with van der Waals surface area (Å²) in [7, 11) is -3.35. The number of ether oxygens (including phenoxy) is 2. The highest BCUT2D eigenvalue weighted by Gasteiger charge is 2.23. The third kappa shape index (κ3) is 8.55. The van der Waals surface area contributed by atoms with Crippen molar-refractivity contribution in [2.75, 3.05) is 17.3 Å². The highest BCUT2D eigenvalue weighted by Crippen LogP contribution is 2.22. The van der Waals surface area contributed by atoms with Crippen molar-refractivity contribution in [2.24, 2.45) is 0 Å². The number of benzene rings is 2. The van der Waals surface area contributed by atoms with Gasteiger partial charge in [0, 0.05) is 24.3 Å². The zero-order chi connectivity index (χ0) is 24.4. The predicted octanol–water partition coefficient (Wildman–Crippen LogP) is 3.54. The van der Waals surface area contributed by atoms with Gasteiger partial charge in [0.25, 0.3) is 0 Å². The Morgan fingerprint density at radius 3 is 2.24 bits per heavy atom. The van der Waals surface area contributed by atoms with E-state index in [4.69, 9.17) is 9.47 Å². The SMILES string of the molecule is CS(=O)(=O)CCC(NC(=O)OCc1ccccc1)C(=O)Nc1ccc(Oc2ccncc2)cc1. The number of alkyl carbamates (subject to hydrolysis) is 1. The Hall–Kier alpha value is -3.92. The minimum atomic E-state index is -3.35. The van der Waals surface area contributed by atoms with Crippen molar-refractivity contribution in [3.8, 4) is 11.5 Å². The van der Waals surface area contributed by atoms with Crippen molar-refractivity contribution >= 4 is 27.5 Å². The summed E-state index contributed by atoms with van der Waals surface area (Å²) in [6.07, 6.45) is 3.36. The van der Waals surface area contributed by atoms with Crippen molar-refractivity contribution < 1.29 is 27.5 Å². The fourth-order valence-electron chi connectivity index (χ4n) is 2.89. The molecule has 1 heterocycles. The molecule has 2 aromatic carbocycles. The third-order valence-electron chi connectivity index (χ3n) is 4.61. The summed E-state index contributed by atoms with van der Waals surface area (Å²) in [5, 5.41) is 5.13. The number of carbonyl (C=O) groups excluding carboxylic acids is 2. The Balaban J connectivity index is 1.60. The number of carbonyl (C=O) groups is 2. The van der Waals surface area contributed by atoms with Gasteiger partial charge in [-0.05, 0) is 48.4 Å². The number of sulfone groups is 1. The molecule has 0 aliphatic rings. The van der Waals surface area contributed by atoms with Gasteiger partial charge in [0.2, 0.25) is 5.91 Å². The van der Waals surface area contributed by atoms with Gasteiger partial charge in [-0.1, -0.05) is 30.3 Å². The van der Waals surface area contributed by atoms with E-state index >= 15 is 0 Å². The number of rotatable bonds is 10. The lowest BCUT2D eigenvalue weighted by molar-refractivity contribution is -0.118. The second-order valence-corrected chi connectivity index (χ2v) is 9.74. The molecule has 0 bridgehead atoms. The molecule has 9 nitrogen and oxygen atoms in total. The zero-order valence-corrected chi connectivity index (χ0v) is 19.3. The highest BCUT2D eigenvalue weighted by atomic mass is 32.2. The van der Waals surface area contributed by atoms with E-state index in [1.807, 2.05) is 18.2 Å². The second-order valence-electron chi connectivity index (χ2n) is 7.48. The van der Waals surface area contributed by atoms with E-state index in [9.17, 15) is 18.0 Å². The number of pyridine rings is 1. The molecular weight excluding hydrogens is 458 g/mol. The van der Waals surface area contributed by atoms with Crippen LogP contribution in [0.4, 0.5) is 10.5 Å².